The average Bonchev–Trinajstić information content (AvgIpc) is 3.32. The summed E-state index contributed by atoms with van der Waals surface area (Å²) in [6.45, 7) is 1.58. The van der Waals surface area contributed by atoms with Gasteiger partial charge in [0.25, 0.3) is 5.91 Å². The maximum absolute atomic E-state index is 13.4. The van der Waals surface area contributed by atoms with Crippen LogP contribution in [0.5, 0.6) is 0 Å². The molecule has 1 amide bonds. The third-order valence-electron chi connectivity index (χ3n) is 5.72. The molecular weight excluding hydrogens is 516 g/mol. The van der Waals surface area contributed by atoms with E-state index in [2.05, 4.69) is 20.2 Å². The third kappa shape index (κ3) is 3.88. The second-order valence-corrected chi connectivity index (χ2v) is 9.72. The highest BCUT2D eigenvalue weighted by molar-refractivity contribution is 7.85. The van der Waals surface area contributed by atoms with Crippen molar-refractivity contribution < 1.29 is 35.3 Å². The number of alkyl halides is 6. The number of aromatic nitrogens is 6. The van der Waals surface area contributed by atoms with Crippen molar-refractivity contribution in [1.29, 1.82) is 0 Å². The van der Waals surface area contributed by atoms with E-state index in [0.29, 0.717) is 0 Å². The Kier molecular flexibility index (Phi) is 5.35. The number of pyridine rings is 1. The highest BCUT2D eigenvalue weighted by atomic mass is 32.2. The number of carbonyl (C=O) groups is 1. The van der Waals surface area contributed by atoms with Crippen LogP contribution in [0.4, 0.5) is 26.3 Å². The van der Waals surface area contributed by atoms with Crippen LogP contribution < -0.4 is 5.32 Å². The van der Waals surface area contributed by atoms with E-state index in [0.717, 1.165) is 39.6 Å². The second kappa shape index (κ2) is 7.97. The number of nitrogens with one attached hydrogen (secondary N) is 1. The number of carbonyl (C=O) groups excluding carboxylic acids is 1. The molecule has 0 aliphatic heterocycles. The number of halogens is 6. The van der Waals surface area contributed by atoms with Gasteiger partial charge in [0.2, 0.25) is 0 Å². The predicted octanol–water partition coefficient (Wildman–Crippen LogP) is 3.41. The van der Waals surface area contributed by atoms with E-state index < -0.39 is 40.2 Å². The largest absolute Gasteiger partial charge is 0.417 e. The molecule has 1 aliphatic rings. The predicted molar refractivity (Wildman–Crippen MR) is 112 cm³/mol. The summed E-state index contributed by atoms with van der Waals surface area (Å²) in [7, 11) is -1.77. The van der Waals surface area contributed by atoms with Crippen LogP contribution in [0.2, 0.25) is 0 Å². The second-order valence-electron chi connectivity index (χ2n) is 8.07. The molecule has 4 heterocycles. The van der Waals surface area contributed by atoms with Gasteiger partial charge in [-0.3, -0.25) is 9.00 Å². The molecule has 1 fully saturated rings. The van der Waals surface area contributed by atoms with Crippen molar-refractivity contribution in [3.63, 3.8) is 0 Å². The fourth-order valence-corrected chi connectivity index (χ4v) is 4.49. The summed E-state index contributed by atoms with van der Waals surface area (Å²) in [6.07, 6.45) is -7.92. The maximum Gasteiger partial charge on any atom is 0.417 e. The van der Waals surface area contributed by atoms with E-state index in [1.54, 1.807) is 6.92 Å². The number of nitrogens with zero attached hydrogens (tertiary/aromatic N) is 6. The molecule has 36 heavy (non-hydrogen) atoms. The van der Waals surface area contributed by atoms with Gasteiger partial charge in [0.15, 0.2) is 22.1 Å². The minimum Gasteiger partial charge on any atom is -0.336 e. The van der Waals surface area contributed by atoms with Gasteiger partial charge in [-0.15, -0.1) is 5.10 Å². The Morgan fingerprint density at radius 1 is 1.14 bits per heavy atom. The monoisotopic (exact) mass is 531 g/mol. The molecule has 9 nitrogen and oxygen atoms in total. The summed E-state index contributed by atoms with van der Waals surface area (Å²) >= 11 is 0. The van der Waals surface area contributed by atoms with Crippen molar-refractivity contribution in [3.8, 4) is 11.4 Å². The first kappa shape index (κ1) is 24.1. The number of amides is 1. The van der Waals surface area contributed by atoms with Crippen LogP contribution in [-0.2, 0) is 17.0 Å². The zero-order valence-electron chi connectivity index (χ0n) is 18.2. The Hall–Kier alpha value is -3.56. The first-order valence-electron chi connectivity index (χ1n) is 10.4. The van der Waals surface area contributed by atoms with Crippen molar-refractivity contribution in [2.75, 3.05) is 5.75 Å². The van der Waals surface area contributed by atoms with E-state index in [1.165, 1.54) is 0 Å². The number of hydrogen-bond donors (Lipinski definition) is 1. The lowest BCUT2D eigenvalue weighted by molar-refractivity contribution is -0.163. The van der Waals surface area contributed by atoms with E-state index in [1.807, 2.05) is 5.32 Å². The summed E-state index contributed by atoms with van der Waals surface area (Å²) in [5.74, 6) is -1.17. The van der Waals surface area contributed by atoms with Crippen LogP contribution in [0.15, 0.2) is 35.6 Å². The smallest absolute Gasteiger partial charge is 0.336 e. The summed E-state index contributed by atoms with van der Waals surface area (Å²) in [5.41, 5.74) is -3.68. The molecule has 0 saturated heterocycles. The van der Waals surface area contributed by atoms with Crippen LogP contribution in [0.3, 0.4) is 0 Å². The van der Waals surface area contributed by atoms with Crippen molar-refractivity contribution in [1.82, 2.24) is 34.5 Å². The van der Waals surface area contributed by atoms with Crippen molar-refractivity contribution in [3.05, 3.63) is 41.9 Å². The van der Waals surface area contributed by atoms with Crippen LogP contribution in [0.1, 0.15) is 35.8 Å². The normalized spacial score (nSPS) is 16.4. The van der Waals surface area contributed by atoms with Crippen LogP contribution >= 0.6 is 0 Å². The first-order chi connectivity index (χ1) is 16.8. The first-order valence-corrected chi connectivity index (χ1v) is 11.8. The molecule has 1 atom stereocenters. The zero-order valence-corrected chi connectivity index (χ0v) is 19.0. The molecule has 4 aromatic rings. The topological polar surface area (TPSA) is 107 Å². The van der Waals surface area contributed by atoms with E-state index in [9.17, 15) is 35.3 Å². The van der Waals surface area contributed by atoms with Gasteiger partial charge >= 0.3 is 12.4 Å². The van der Waals surface area contributed by atoms with E-state index >= 15 is 0 Å². The molecule has 0 radical (unpaired) electrons. The number of fused-ring (bicyclic) bond motifs is 2. The Morgan fingerprint density at radius 2 is 1.86 bits per heavy atom. The van der Waals surface area contributed by atoms with Gasteiger partial charge in [-0.2, -0.15) is 31.4 Å². The Morgan fingerprint density at radius 3 is 2.47 bits per heavy atom. The minimum absolute atomic E-state index is 0.0148. The van der Waals surface area contributed by atoms with Gasteiger partial charge in [0.05, 0.1) is 16.4 Å². The van der Waals surface area contributed by atoms with Gasteiger partial charge in [-0.1, -0.05) is 6.92 Å². The van der Waals surface area contributed by atoms with Crippen LogP contribution in [-0.4, -0.2) is 56.8 Å². The molecular formula is C20H15F6N7O2S. The Labute approximate surface area is 200 Å². The van der Waals surface area contributed by atoms with Crippen molar-refractivity contribution in [2.24, 2.45) is 0 Å². The van der Waals surface area contributed by atoms with Gasteiger partial charge in [-0.25, -0.2) is 19.0 Å². The summed E-state index contributed by atoms with van der Waals surface area (Å²) in [5, 5.41) is 10.1. The lowest BCUT2D eigenvalue weighted by atomic mass is 10.2. The SMILES string of the molecule is CCS(=O)c1nn2c(C(=O)NC3(C(F)(F)F)CC3)ccnc2c1-c1nc2ccc(C(F)(F)F)cn2n1. The molecule has 1 N–H and O–H groups in total. The fraction of sp³-hybridized carbons (Fsp3) is 0.350. The molecule has 0 bridgehead atoms. The molecule has 5 rings (SSSR count). The van der Waals surface area contributed by atoms with Gasteiger partial charge < -0.3 is 5.32 Å². The summed E-state index contributed by atoms with van der Waals surface area (Å²) in [6, 6.07) is 3.07. The van der Waals surface area contributed by atoms with Crippen LogP contribution in [0, 0.1) is 0 Å². The quantitative estimate of drug-likeness (QED) is 0.396. The lowest BCUT2D eigenvalue weighted by Crippen LogP contribution is -2.48. The third-order valence-corrected chi connectivity index (χ3v) is 6.97. The maximum atomic E-state index is 13.4. The molecule has 190 valence electrons. The van der Waals surface area contributed by atoms with Crippen molar-refractivity contribution >= 4 is 28.0 Å². The summed E-state index contributed by atoms with van der Waals surface area (Å²) < 4.78 is 94.0. The van der Waals surface area contributed by atoms with Gasteiger partial charge in [0, 0.05) is 18.1 Å². The van der Waals surface area contributed by atoms with Gasteiger partial charge in [-0.05, 0) is 31.0 Å². The van der Waals surface area contributed by atoms with Crippen molar-refractivity contribution in [2.45, 2.75) is 42.7 Å². The average molecular weight is 531 g/mol. The molecule has 0 aromatic carbocycles. The molecule has 1 saturated carbocycles. The minimum atomic E-state index is -4.64. The zero-order chi connectivity index (χ0) is 26.0. The Balaban J connectivity index is 1.65. The van der Waals surface area contributed by atoms with Crippen LogP contribution in [0.25, 0.3) is 22.7 Å². The summed E-state index contributed by atoms with van der Waals surface area (Å²) in [4.78, 5) is 21.1. The molecule has 1 unspecified atom stereocenters. The Bertz CT molecular complexity index is 1540. The number of rotatable bonds is 5. The molecule has 4 aromatic heterocycles. The standard InChI is InChI=1S/C20H15F6N7O2S/c1-2-36(35)17-13(14-28-12-4-3-10(19(21,22)23)9-32(12)30-14)15-27-8-5-11(33(15)31-17)16(34)29-18(6-7-18)20(24,25)26/h3-5,8-9H,2,6-7H2,1H3,(H,29,34). The lowest BCUT2D eigenvalue weighted by Gasteiger charge is -2.20. The van der Waals surface area contributed by atoms with Gasteiger partial charge in [0.1, 0.15) is 16.8 Å². The van der Waals surface area contributed by atoms with E-state index in [4.69, 9.17) is 0 Å². The number of hydrogen-bond acceptors (Lipinski definition) is 6. The molecule has 1 aliphatic carbocycles. The highest BCUT2D eigenvalue weighted by Crippen LogP contribution is 2.49. The highest BCUT2D eigenvalue weighted by Gasteiger charge is 2.64. The van der Waals surface area contributed by atoms with E-state index in [-0.39, 0.29) is 52.0 Å². The fourth-order valence-electron chi connectivity index (χ4n) is 3.63. The molecule has 0 spiro atoms. The molecule has 16 heteroatoms.